The molecule has 1 aliphatic heterocycles. The standard InChI is InChI=1S/C25H27FN6O2S/c1-3-17-12-29-25(30-13-17)31-7-4-18(5-8-31)20-11-22(26)23(27-14-20)16-32-9-6-19-10-21(35(2,33)34)15-28-24(19)32/h6,9-15,18H,3-5,7-8,16H2,1-2H3. The Balaban J connectivity index is 1.27. The molecule has 4 aromatic heterocycles. The average molecular weight is 495 g/mol. The molecular formula is C25H27FN6O2S. The average Bonchev–Trinajstić information content (AvgIpc) is 3.27. The fourth-order valence-electron chi connectivity index (χ4n) is 4.48. The summed E-state index contributed by atoms with van der Waals surface area (Å²) in [4.78, 5) is 20.0. The summed E-state index contributed by atoms with van der Waals surface area (Å²) in [5.74, 6) is 0.634. The number of nitrogens with zero attached hydrogens (tertiary/aromatic N) is 6. The third-order valence-electron chi connectivity index (χ3n) is 6.61. The lowest BCUT2D eigenvalue weighted by atomic mass is 9.90. The van der Waals surface area contributed by atoms with Crippen molar-refractivity contribution in [2.24, 2.45) is 0 Å². The molecule has 0 radical (unpaired) electrons. The Kier molecular flexibility index (Phi) is 6.22. The fraction of sp³-hybridized carbons (Fsp3) is 0.360. The Bertz CT molecular complexity index is 1460. The van der Waals surface area contributed by atoms with Gasteiger partial charge in [-0.2, -0.15) is 0 Å². The zero-order chi connectivity index (χ0) is 24.6. The molecule has 1 fully saturated rings. The van der Waals surface area contributed by atoms with Crippen molar-refractivity contribution in [1.82, 2.24) is 24.5 Å². The highest BCUT2D eigenvalue weighted by Gasteiger charge is 2.23. The van der Waals surface area contributed by atoms with Crippen molar-refractivity contribution in [1.29, 1.82) is 0 Å². The van der Waals surface area contributed by atoms with Gasteiger partial charge in [0, 0.05) is 55.7 Å². The van der Waals surface area contributed by atoms with E-state index in [1.165, 1.54) is 6.20 Å². The first-order valence-corrected chi connectivity index (χ1v) is 13.6. The van der Waals surface area contributed by atoms with Crippen molar-refractivity contribution in [3.8, 4) is 0 Å². The molecule has 182 valence electrons. The highest BCUT2D eigenvalue weighted by molar-refractivity contribution is 7.90. The minimum absolute atomic E-state index is 0.159. The van der Waals surface area contributed by atoms with E-state index in [0.717, 1.165) is 55.7 Å². The van der Waals surface area contributed by atoms with Gasteiger partial charge in [0.05, 0.1) is 17.1 Å². The van der Waals surface area contributed by atoms with Crippen molar-refractivity contribution in [3.05, 3.63) is 71.8 Å². The quantitative estimate of drug-likeness (QED) is 0.403. The van der Waals surface area contributed by atoms with E-state index < -0.39 is 9.84 Å². The van der Waals surface area contributed by atoms with Crippen LogP contribution in [-0.2, 0) is 22.8 Å². The van der Waals surface area contributed by atoms with Crippen molar-refractivity contribution >= 4 is 26.8 Å². The molecule has 8 nitrogen and oxygen atoms in total. The van der Waals surface area contributed by atoms with Crippen LogP contribution in [0.5, 0.6) is 0 Å². The number of anilines is 1. The molecule has 1 saturated heterocycles. The number of aryl methyl sites for hydroxylation is 1. The normalized spacial score (nSPS) is 15.1. The highest BCUT2D eigenvalue weighted by Crippen LogP contribution is 2.30. The predicted octanol–water partition coefficient (Wildman–Crippen LogP) is 3.76. The Morgan fingerprint density at radius 3 is 2.43 bits per heavy atom. The van der Waals surface area contributed by atoms with Crippen LogP contribution in [0.4, 0.5) is 10.3 Å². The van der Waals surface area contributed by atoms with Gasteiger partial charge in [0.25, 0.3) is 0 Å². The van der Waals surface area contributed by atoms with Crippen LogP contribution in [0, 0.1) is 5.82 Å². The number of hydrogen-bond acceptors (Lipinski definition) is 7. The van der Waals surface area contributed by atoms with E-state index in [-0.39, 0.29) is 23.2 Å². The first kappa shape index (κ1) is 23.3. The highest BCUT2D eigenvalue weighted by atomic mass is 32.2. The summed E-state index contributed by atoms with van der Waals surface area (Å²) in [6.07, 6.45) is 12.4. The maximum atomic E-state index is 15.0. The number of piperidine rings is 1. The summed E-state index contributed by atoms with van der Waals surface area (Å²) in [6, 6.07) is 4.95. The van der Waals surface area contributed by atoms with Gasteiger partial charge in [-0.05, 0) is 54.5 Å². The molecule has 0 spiro atoms. The van der Waals surface area contributed by atoms with E-state index in [1.807, 2.05) is 12.4 Å². The number of rotatable bonds is 6. The molecule has 10 heteroatoms. The zero-order valence-corrected chi connectivity index (χ0v) is 20.5. The summed E-state index contributed by atoms with van der Waals surface area (Å²) in [5.41, 5.74) is 2.93. The second-order valence-electron chi connectivity index (χ2n) is 9.00. The van der Waals surface area contributed by atoms with Gasteiger partial charge in [-0.25, -0.2) is 27.8 Å². The molecule has 0 aromatic carbocycles. The largest absolute Gasteiger partial charge is 0.341 e. The Morgan fingerprint density at radius 1 is 1.03 bits per heavy atom. The molecule has 0 aliphatic carbocycles. The van der Waals surface area contributed by atoms with Gasteiger partial charge in [0.2, 0.25) is 5.95 Å². The second-order valence-corrected chi connectivity index (χ2v) is 11.0. The van der Waals surface area contributed by atoms with Gasteiger partial charge in [-0.3, -0.25) is 4.98 Å². The molecule has 0 N–H and O–H groups in total. The lowest BCUT2D eigenvalue weighted by Crippen LogP contribution is -2.34. The molecule has 4 aromatic rings. The third kappa shape index (κ3) is 4.88. The Morgan fingerprint density at radius 2 is 1.77 bits per heavy atom. The van der Waals surface area contributed by atoms with Crippen molar-refractivity contribution in [3.63, 3.8) is 0 Å². The molecule has 1 aliphatic rings. The fourth-order valence-corrected chi connectivity index (χ4v) is 5.06. The van der Waals surface area contributed by atoms with Crippen LogP contribution in [0.3, 0.4) is 0 Å². The minimum atomic E-state index is -3.34. The molecule has 0 atom stereocenters. The van der Waals surface area contributed by atoms with Gasteiger partial charge >= 0.3 is 0 Å². The van der Waals surface area contributed by atoms with E-state index in [9.17, 15) is 8.42 Å². The van der Waals surface area contributed by atoms with Crippen LogP contribution in [0.15, 0.2) is 54.1 Å². The van der Waals surface area contributed by atoms with Crippen molar-refractivity contribution in [2.45, 2.75) is 43.5 Å². The maximum Gasteiger partial charge on any atom is 0.225 e. The van der Waals surface area contributed by atoms with Crippen LogP contribution in [-0.4, -0.2) is 52.3 Å². The van der Waals surface area contributed by atoms with E-state index >= 15 is 4.39 Å². The number of aromatic nitrogens is 5. The predicted molar refractivity (Wildman–Crippen MR) is 132 cm³/mol. The van der Waals surface area contributed by atoms with Gasteiger partial charge in [-0.15, -0.1) is 0 Å². The zero-order valence-electron chi connectivity index (χ0n) is 19.7. The maximum absolute atomic E-state index is 15.0. The number of pyridine rings is 2. The van der Waals surface area contributed by atoms with E-state index in [4.69, 9.17) is 0 Å². The molecule has 5 heterocycles. The van der Waals surface area contributed by atoms with E-state index in [2.05, 4.69) is 31.8 Å². The number of hydrogen-bond donors (Lipinski definition) is 0. The molecule has 35 heavy (non-hydrogen) atoms. The summed E-state index contributed by atoms with van der Waals surface area (Å²) >= 11 is 0. The van der Waals surface area contributed by atoms with Gasteiger partial charge in [0.15, 0.2) is 9.84 Å². The Hall–Kier alpha value is -3.40. The van der Waals surface area contributed by atoms with Gasteiger partial charge in [0.1, 0.15) is 11.5 Å². The van der Waals surface area contributed by atoms with E-state index in [1.54, 1.807) is 35.2 Å². The summed E-state index contributed by atoms with van der Waals surface area (Å²) < 4.78 is 40.4. The van der Waals surface area contributed by atoms with Gasteiger partial charge < -0.3 is 9.47 Å². The van der Waals surface area contributed by atoms with Crippen LogP contribution < -0.4 is 4.90 Å². The molecular weight excluding hydrogens is 467 g/mol. The van der Waals surface area contributed by atoms with E-state index in [0.29, 0.717) is 16.7 Å². The Labute approximate surface area is 203 Å². The smallest absolute Gasteiger partial charge is 0.225 e. The lowest BCUT2D eigenvalue weighted by molar-refractivity contribution is 0.492. The number of halogens is 1. The summed E-state index contributed by atoms with van der Waals surface area (Å²) in [5, 5.41) is 0.685. The van der Waals surface area contributed by atoms with Gasteiger partial charge in [-0.1, -0.05) is 6.92 Å². The number of sulfone groups is 1. The van der Waals surface area contributed by atoms with Crippen molar-refractivity contribution in [2.75, 3.05) is 24.2 Å². The third-order valence-corrected chi connectivity index (χ3v) is 7.69. The molecule has 0 bridgehead atoms. The van der Waals surface area contributed by atoms with Crippen molar-refractivity contribution < 1.29 is 12.8 Å². The monoisotopic (exact) mass is 494 g/mol. The first-order valence-electron chi connectivity index (χ1n) is 11.7. The molecule has 0 unspecified atom stereocenters. The van der Waals surface area contributed by atoms with Crippen LogP contribution in [0.1, 0.15) is 42.5 Å². The molecule has 0 amide bonds. The lowest BCUT2D eigenvalue weighted by Gasteiger charge is -2.32. The summed E-state index contributed by atoms with van der Waals surface area (Å²) in [6.45, 7) is 3.92. The van der Waals surface area contributed by atoms with Crippen LogP contribution >= 0.6 is 0 Å². The minimum Gasteiger partial charge on any atom is -0.341 e. The SMILES string of the molecule is CCc1cnc(N2CCC(c3cnc(Cn4ccc5cc(S(C)(=O)=O)cnc54)c(F)c3)CC2)nc1. The first-order chi connectivity index (χ1) is 16.8. The number of fused-ring (bicyclic) bond motifs is 1. The topological polar surface area (TPSA) is 93.9 Å². The van der Waals surface area contributed by atoms with Crippen LogP contribution in [0.2, 0.25) is 0 Å². The second kappa shape index (κ2) is 9.33. The molecule has 5 rings (SSSR count). The summed E-state index contributed by atoms with van der Waals surface area (Å²) in [7, 11) is -3.34. The van der Waals surface area contributed by atoms with Crippen LogP contribution in [0.25, 0.3) is 11.0 Å². The molecule has 0 saturated carbocycles.